The summed E-state index contributed by atoms with van der Waals surface area (Å²) in [5.74, 6) is 0.894. The van der Waals surface area contributed by atoms with E-state index in [4.69, 9.17) is 0 Å². The summed E-state index contributed by atoms with van der Waals surface area (Å²) in [6.07, 6.45) is 9.36. The largest absolute Gasteiger partial charge is 0.262 e. The number of aromatic nitrogens is 5. The molecule has 0 atom stereocenters. The molecule has 6 heteroatoms. The van der Waals surface area contributed by atoms with Crippen molar-refractivity contribution in [2.24, 2.45) is 0 Å². The highest BCUT2D eigenvalue weighted by Crippen LogP contribution is 2.07. The van der Waals surface area contributed by atoms with Gasteiger partial charge in [-0.15, -0.1) is 5.10 Å². The third-order valence-corrected chi connectivity index (χ3v) is 2.64. The first-order valence-corrected chi connectivity index (χ1v) is 5.95. The summed E-state index contributed by atoms with van der Waals surface area (Å²) in [6, 6.07) is 0. The van der Waals surface area contributed by atoms with Crippen LogP contribution >= 0.6 is 15.9 Å². The third-order valence-electron chi connectivity index (χ3n) is 2.24. The van der Waals surface area contributed by atoms with Crippen molar-refractivity contribution in [1.82, 2.24) is 25.4 Å². The lowest BCUT2D eigenvalue weighted by Gasteiger charge is -1.99. The van der Waals surface area contributed by atoms with Crippen LogP contribution in [0.1, 0.15) is 24.4 Å². The zero-order valence-electron chi connectivity index (χ0n) is 8.73. The number of aromatic amines is 1. The van der Waals surface area contributed by atoms with Crippen LogP contribution in [0, 0.1) is 0 Å². The van der Waals surface area contributed by atoms with Crippen molar-refractivity contribution < 1.29 is 0 Å². The predicted molar refractivity (Wildman–Crippen MR) is 62.8 cm³/mol. The summed E-state index contributed by atoms with van der Waals surface area (Å²) < 4.78 is 0.916. The molecular weight excluding hydrogens is 270 g/mol. The van der Waals surface area contributed by atoms with Crippen LogP contribution in [-0.4, -0.2) is 25.4 Å². The summed E-state index contributed by atoms with van der Waals surface area (Å²) in [7, 11) is 0. The Morgan fingerprint density at radius 1 is 1.06 bits per heavy atom. The van der Waals surface area contributed by atoms with E-state index in [0.717, 1.165) is 41.7 Å². The molecule has 16 heavy (non-hydrogen) atoms. The molecule has 0 aliphatic rings. The van der Waals surface area contributed by atoms with Crippen molar-refractivity contribution in [2.45, 2.75) is 25.7 Å². The molecule has 2 heterocycles. The van der Waals surface area contributed by atoms with Crippen LogP contribution in [0.15, 0.2) is 23.1 Å². The van der Waals surface area contributed by atoms with Gasteiger partial charge in [0, 0.05) is 18.8 Å². The highest BCUT2D eigenvalue weighted by atomic mass is 79.9. The number of halogens is 1. The van der Waals surface area contributed by atoms with Crippen LogP contribution in [-0.2, 0) is 12.8 Å². The summed E-state index contributed by atoms with van der Waals surface area (Å²) in [5.41, 5.74) is 1.08. The Hall–Kier alpha value is -1.30. The van der Waals surface area contributed by atoms with E-state index in [2.05, 4.69) is 41.3 Å². The number of aryl methyl sites for hydroxylation is 2. The molecule has 1 N–H and O–H groups in total. The maximum absolute atomic E-state index is 4.22. The highest BCUT2D eigenvalue weighted by molar-refractivity contribution is 9.10. The molecule has 0 aromatic carbocycles. The van der Waals surface area contributed by atoms with E-state index in [9.17, 15) is 0 Å². The molecule has 0 bridgehead atoms. The molecule has 0 radical (unpaired) electrons. The number of hydrogen-bond donors (Lipinski definition) is 1. The average Bonchev–Trinajstić information content (AvgIpc) is 2.80. The van der Waals surface area contributed by atoms with Gasteiger partial charge in [-0.05, 0) is 35.2 Å². The molecule has 84 valence electrons. The summed E-state index contributed by atoms with van der Waals surface area (Å²) in [5, 5.41) is 10.2. The molecule has 0 saturated heterocycles. The number of H-pyrrole nitrogens is 1. The van der Waals surface area contributed by atoms with Crippen LogP contribution in [0.25, 0.3) is 0 Å². The van der Waals surface area contributed by atoms with E-state index in [1.54, 1.807) is 18.6 Å². The van der Waals surface area contributed by atoms with Gasteiger partial charge in [-0.25, -0.2) is 9.97 Å². The fraction of sp³-hybridized carbons (Fsp3) is 0.400. The number of nitrogens with one attached hydrogen (secondary N) is 1. The summed E-state index contributed by atoms with van der Waals surface area (Å²) in [6.45, 7) is 0. The van der Waals surface area contributed by atoms with Gasteiger partial charge in [0.2, 0.25) is 0 Å². The topological polar surface area (TPSA) is 67.3 Å². The summed E-state index contributed by atoms with van der Waals surface area (Å²) >= 11 is 3.31. The van der Waals surface area contributed by atoms with Gasteiger partial charge in [0.25, 0.3) is 0 Å². The van der Waals surface area contributed by atoms with Crippen molar-refractivity contribution in [1.29, 1.82) is 0 Å². The lowest BCUT2D eigenvalue weighted by Crippen LogP contribution is -1.95. The minimum absolute atomic E-state index is 0.894. The molecular formula is C10H12BrN5. The lowest BCUT2D eigenvalue weighted by molar-refractivity contribution is 0.696. The van der Waals surface area contributed by atoms with Gasteiger partial charge in [0.15, 0.2) is 0 Å². The second-order valence-corrected chi connectivity index (χ2v) is 4.42. The van der Waals surface area contributed by atoms with Gasteiger partial charge in [-0.3, -0.25) is 5.10 Å². The van der Waals surface area contributed by atoms with Crippen LogP contribution in [0.4, 0.5) is 0 Å². The first kappa shape index (κ1) is 11.2. The van der Waals surface area contributed by atoms with E-state index in [-0.39, 0.29) is 0 Å². The van der Waals surface area contributed by atoms with E-state index < -0.39 is 0 Å². The number of hydrogen-bond acceptors (Lipinski definition) is 4. The maximum atomic E-state index is 4.22. The standard InChI is InChI=1S/C10H12BrN5/c11-8-5-12-10(13-6-8)4-2-1-3-9-7-14-16-15-9/h5-7H,1-4H2,(H,14,15,16). The van der Waals surface area contributed by atoms with Crippen molar-refractivity contribution in [3.8, 4) is 0 Å². The average molecular weight is 282 g/mol. The lowest BCUT2D eigenvalue weighted by atomic mass is 10.1. The Labute approximate surface area is 102 Å². The SMILES string of the molecule is Brc1cnc(CCCCc2cnn[nH]2)nc1. The molecule has 5 nitrogen and oxygen atoms in total. The monoisotopic (exact) mass is 281 g/mol. The Balaban J connectivity index is 1.70. The number of nitrogens with zero attached hydrogens (tertiary/aromatic N) is 4. The predicted octanol–water partition coefficient (Wildman–Crippen LogP) is 1.92. The maximum Gasteiger partial charge on any atom is 0.128 e. The number of rotatable bonds is 5. The molecule has 2 aromatic heterocycles. The van der Waals surface area contributed by atoms with Gasteiger partial charge < -0.3 is 0 Å². The normalized spacial score (nSPS) is 10.6. The van der Waals surface area contributed by atoms with Crippen LogP contribution in [0.2, 0.25) is 0 Å². The molecule has 2 aromatic rings. The molecule has 0 aliphatic carbocycles. The Bertz CT molecular complexity index is 411. The minimum Gasteiger partial charge on any atom is -0.262 e. The molecule has 0 saturated carbocycles. The third kappa shape index (κ3) is 3.37. The Kier molecular flexibility index (Phi) is 3.98. The van der Waals surface area contributed by atoms with Gasteiger partial charge in [0.05, 0.1) is 16.4 Å². The molecule has 0 spiro atoms. The fourth-order valence-electron chi connectivity index (χ4n) is 1.41. The minimum atomic E-state index is 0.894. The van der Waals surface area contributed by atoms with E-state index in [1.807, 2.05) is 0 Å². The van der Waals surface area contributed by atoms with Crippen LogP contribution < -0.4 is 0 Å². The Morgan fingerprint density at radius 2 is 1.81 bits per heavy atom. The Morgan fingerprint density at radius 3 is 2.50 bits per heavy atom. The second kappa shape index (κ2) is 5.69. The van der Waals surface area contributed by atoms with Gasteiger partial charge in [-0.2, -0.15) is 0 Å². The van der Waals surface area contributed by atoms with E-state index in [0.29, 0.717) is 0 Å². The molecule has 2 rings (SSSR count). The zero-order valence-corrected chi connectivity index (χ0v) is 10.3. The number of unbranched alkanes of at least 4 members (excludes halogenated alkanes) is 1. The quantitative estimate of drug-likeness (QED) is 0.851. The van der Waals surface area contributed by atoms with Crippen LogP contribution in [0.3, 0.4) is 0 Å². The second-order valence-electron chi connectivity index (χ2n) is 3.51. The molecule has 0 unspecified atom stereocenters. The van der Waals surface area contributed by atoms with Gasteiger partial charge >= 0.3 is 0 Å². The van der Waals surface area contributed by atoms with Gasteiger partial charge in [-0.1, -0.05) is 5.21 Å². The van der Waals surface area contributed by atoms with Crippen LogP contribution in [0.5, 0.6) is 0 Å². The first-order valence-electron chi connectivity index (χ1n) is 5.16. The zero-order chi connectivity index (χ0) is 11.2. The smallest absolute Gasteiger partial charge is 0.128 e. The fourth-order valence-corrected chi connectivity index (χ4v) is 1.61. The van der Waals surface area contributed by atoms with Gasteiger partial charge in [0.1, 0.15) is 5.82 Å². The first-order chi connectivity index (χ1) is 7.84. The summed E-state index contributed by atoms with van der Waals surface area (Å²) in [4.78, 5) is 8.44. The van der Waals surface area contributed by atoms with Crippen molar-refractivity contribution in [2.75, 3.05) is 0 Å². The molecule has 0 aliphatic heterocycles. The van der Waals surface area contributed by atoms with E-state index >= 15 is 0 Å². The molecule has 0 amide bonds. The van der Waals surface area contributed by atoms with Crippen molar-refractivity contribution in [3.63, 3.8) is 0 Å². The van der Waals surface area contributed by atoms with Crippen molar-refractivity contribution >= 4 is 15.9 Å². The van der Waals surface area contributed by atoms with E-state index in [1.165, 1.54) is 0 Å². The highest BCUT2D eigenvalue weighted by Gasteiger charge is 1.98. The molecule has 0 fully saturated rings. The van der Waals surface area contributed by atoms with Crippen molar-refractivity contribution in [3.05, 3.63) is 34.6 Å².